The highest BCUT2D eigenvalue weighted by molar-refractivity contribution is 7.98. The highest BCUT2D eigenvalue weighted by atomic mass is 32.2. The molecule has 0 aliphatic rings. The lowest BCUT2D eigenvalue weighted by Gasteiger charge is -2.00. The summed E-state index contributed by atoms with van der Waals surface area (Å²) >= 11 is 3.63. The Balaban J connectivity index is 1.93. The number of nitrogens with one attached hydrogen (secondary N) is 1. The van der Waals surface area contributed by atoms with Crippen LogP contribution in [-0.4, -0.2) is 12.0 Å². The van der Waals surface area contributed by atoms with Crippen LogP contribution in [0.1, 0.15) is 15.4 Å². The van der Waals surface area contributed by atoms with Crippen molar-refractivity contribution >= 4 is 23.1 Å². The number of hydrogen-bond acceptors (Lipinski definition) is 4. The van der Waals surface area contributed by atoms with E-state index < -0.39 is 0 Å². The van der Waals surface area contributed by atoms with Crippen molar-refractivity contribution in [3.63, 3.8) is 0 Å². The van der Waals surface area contributed by atoms with Crippen LogP contribution in [0.5, 0.6) is 0 Å². The van der Waals surface area contributed by atoms with Crippen LogP contribution in [0.3, 0.4) is 0 Å². The standard InChI is InChI=1S/C13H16N2S2/c1-10-4-3-5-11(6-10)16-9-13-15-8-12(17-13)7-14-2/h3-6,8,14H,7,9H2,1-2H3. The van der Waals surface area contributed by atoms with Gasteiger partial charge in [0.25, 0.3) is 0 Å². The van der Waals surface area contributed by atoms with Gasteiger partial charge in [0.15, 0.2) is 0 Å². The number of rotatable bonds is 5. The van der Waals surface area contributed by atoms with Crippen LogP contribution >= 0.6 is 23.1 Å². The summed E-state index contributed by atoms with van der Waals surface area (Å²) in [6.07, 6.45) is 1.97. The number of thiazole rings is 1. The number of aromatic nitrogens is 1. The summed E-state index contributed by atoms with van der Waals surface area (Å²) in [6.45, 7) is 3.03. The average Bonchev–Trinajstić information content (AvgIpc) is 2.75. The fraction of sp³-hybridized carbons (Fsp3) is 0.308. The predicted octanol–water partition coefficient (Wildman–Crippen LogP) is 3.46. The molecule has 0 radical (unpaired) electrons. The molecule has 1 heterocycles. The molecule has 0 bridgehead atoms. The van der Waals surface area contributed by atoms with Crippen LogP contribution in [0.2, 0.25) is 0 Å². The molecular weight excluding hydrogens is 248 g/mol. The second kappa shape index (κ2) is 6.19. The molecule has 17 heavy (non-hydrogen) atoms. The third-order valence-corrected chi connectivity index (χ3v) is 4.49. The van der Waals surface area contributed by atoms with Gasteiger partial charge in [0.1, 0.15) is 5.01 Å². The largest absolute Gasteiger partial charge is 0.315 e. The number of hydrogen-bond donors (Lipinski definition) is 1. The molecule has 0 aliphatic heterocycles. The first-order valence-corrected chi connectivity index (χ1v) is 7.36. The fourth-order valence-electron chi connectivity index (χ4n) is 1.52. The van der Waals surface area contributed by atoms with E-state index in [9.17, 15) is 0 Å². The molecule has 1 N–H and O–H groups in total. The number of nitrogens with zero attached hydrogens (tertiary/aromatic N) is 1. The van der Waals surface area contributed by atoms with Gasteiger partial charge in [-0.3, -0.25) is 0 Å². The van der Waals surface area contributed by atoms with Crippen LogP contribution < -0.4 is 5.32 Å². The number of benzene rings is 1. The first-order valence-electron chi connectivity index (χ1n) is 5.55. The summed E-state index contributed by atoms with van der Waals surface area (Å²) in [6, 6.07) is 8.59. The molecule has 1 aromatic heterocycles. The second-order valence-corrected chi connectivity index (χ2v) is 6.10. The number of aryl methyl sites for hydroxylation is 1. The van der Waals surface area contributed by atoms with E-state index in [1.165, 1.54) is 20.3 Å². The molecule has 0 saturated carbocycles. The Kier molecular flexibility index (Phi) is 4.59. The van der Waals surface area contributed by atoms with E-state index in [1.54, 1.807) is 11.3 Å². The molecular formula is C13H16N2S2. The van der Waals surface area contributed by atoms with Gasteiger partial charge < -0.3 is 5.32 Å². The Hall–Kier alpha value is -0.840. The zero-order valence-electron chi connectivity index (χ0n) is 10.1. The Bertz CT molecular complexity index is 480. The summed E-state index contributed by atoms with van der Waals surface area (Å²) in [7, 11) is 1.96. The van der Waals surface area contributed by atoms with Crippen molar-refractivity contribution in [3.8, 4) is 0 Å². The zero-order chi connectivity index (χ0) is 12.1. The van der Waals surface area contributed by atoms with E-state index in [0.29, 0.717) is 0 Å². The SMILES string of the molecule is CNCc1cnc(CSc2cccc(C)c2)s1. The molecule has 90 valence electrons. The van der Waals surface area contributed by atoms with Gasteiger partial charge in [0, 0.05) is 22.5 Å². The van der Waals surface area contributed by atoms with Gasteiger partial charge in [-0.15, -0.1) is 23.1 Å². The minimum atomic E-state index is 0.910. The highest BCUT2D eigenvalue weighted by Gasteiger charge is 2.02. The average molecular weight is 264 g/mol. The molecule has 0 atom stereocenters. The predicted molar refractivity (Wildman–Crippen MR) is 75.6 cm³/mol. The maximum Gasteiger partial charge on any atom is 0.103 e. The fourth-order valence-corrected chi connectivity index (χ4v) is 3.47. The smallest absolute Gasteiger partial charge is 0.103 e. The molecule has 0 saturated heterocycles. The Labute approximate surface area is 110 Å². The van der Waals surface area contributed by atoms with Crippen LogP contribution in [-0.2, 0) is 12.3 Å². The molecule has 4 heteroatoms. The summed E-state index contributed by atoms with van der Waals surface area (Å²) in [4.78, 5) is 7.04. The zero-order valence-corrected chi connectivity index (χ0v) is 11.7. The molecule has 0 unspecified atom stereocenters. The molecule has 0 fully saturated rings. The lowest BCUT2D eigenvalue weighted by atomic mass is 10.2. The van der Waals surface area contributed by atoms with E-state index in [0.717, 1.165) is 12.3 Å². The van der Waals surface area contributed by atoms with Gasteiger partial charge in [-0.1, -0.05) is 17.7 Å². The van der Waals surface area contributed by atoms with Gasteiger partial charge >= 0.3 is 0 Å². The maximum absolute atomic E-state index is 4.43. The Morgan fingerprint density at radius 2 is 2.29 bits per heavy atom. The molecule has 2 nitrogen and oxygen atoms in total. The van der Waals surface area contributed by atoms with E-state index in [-0.39, 0.29) is 0 Å². The Morgan fingerprint density at radius 3 is 3.06 bits per heavy atom. The van der Waals surface area contributed by atoms with Gasteiger partial charge in [0.2, 0.25) is 0 Å². The van der Waals surface area contributed by atoms with Crippen molar-refractivity contribution < 1.29 is 0 Å². The molecule has 2 aromatic rings. The monoisotopic (exact) mass is 264 g/mol. The van der Waals surface area contributed by atoms with Crippen molar-refractivity contribution in [3.05, 3.63) is 45.9 Å². The van der Waals surface area contributed by atoms with E-state index in [4.69, 9.17) is 0 Å². The van der Waals surface area contributed by atoms with Gasteiger partial charge in [-0.25, -0.2) is 4.98 Å². The van der Waals surface area contributed by atoms with E-state index in [2.05, 4.69) is 41.5 Å². The molecule has 0 spiro atoms. The summed E-state index contributed by atoms with van der Waals surface area (Å²) in [5.41, 5.74) is 1.31. The molecule has 0 aliphatic carbocycles. The maximum atomic E-state index is 4.43. The topological polar surface area (TPSA) is 24.9 Å². The van der Waals surface area contributed by atoms with Gasteiger partial charge in [-0.2, -0.15) is 0 Å². The molecule has 1 aromatic carbocycles. The lowest BCUT2D eigenvalue weighted by molar-refractivity contribution is 0.829. The van der Waals surface area contributed by atoms with Crippen molar-refractivity contribution in [2.45, 2.75) is 24.1 Å². The quantitative estimate of drug-likeness (QED) is 0.837. The summed E-state index contributed by atoms with van der Waals surface area (Å²) in [5.74, 6) is 0.956. The van der Waals surface area contributed by atoms with Crippen molar-refractivity contribution in [1.29, 1.82) is 0 Å². The highest BCUT2D eigenvalue weighted by Crippen LogP contribution is 2.25. The summed E-state index contributed by atoms with van der Waals surface area (Å²) < 4.78 is 0. The third kappa shape index (κ3) is 3.84. The summed E-state index contributed by atoms with van der Waals surface area (Å²) in [5, 5.41) is 4.34. The van der Waals surface area contributed by atoms with Crippen molar-refractivity contribution in [2.75, 3.05) is 7.05 Å². The lowest BCUT2D eigenvalue weighted by Crippen LogP contribution is -2.02. The minimum absolute atomic E-state index is 0.910. The van der Waals surface area contributed by atoms with Crippen molar-refractivity contribution in [1.82, 2.24) is 10.3 Å². The number of thioether (sulfide) groups is 1. The minimum Gasteiger partial charge on any atom is -0.315 e. The third-order valence-electron chi connectivity index (χ3n) is 2.30. The van der Waals surface area contributed by atoms with Crippen LogP contribution in [0.25, 0.3) is 0 Å². The molecule has 2 rings (SSSR count). The van der Waals surface area contributed by atoms with Crippen molar-refractivity contribution in [2.24, 2.45) is 0 Å². The van der Waals surface area contributed by atoms with Crippen LogP contribution in [0.15, 0.2) is 35.4 Å². The first kappa shape index (κ1) is 12.6. The molecule has 0 amide bonds. The van der Waals surface area contributed by atoms with Crippen LogP contribution in [0, 0.1) is 6.92 Å². The first-order chi connectivity index (χ1) is 8.28. The van der Waals surface area contributed by atoms with E-state index in [1.807, 2.05) is 25.0 Å². The van der Waals surface area contributed by atoms with E-state index >= 15 is 0 Å². The second-order valence-electron chi connectivity index (χ2n) is 3.86. The van der Waals surface area contributed by atoms with Gasteiger partial charge in [-0.05, 0) is 26.1 Å². The Morgan fingerprint density at radius 1 is 1.41 bits per heavy atom. The van der Waals surface area contributed by atoms with Gasteiger partial charge in [0.05, 0.1) is 5.75 Å². The normalized spacial score (nSPS) is 10.7. The van der Waals surface area contributed by atoms with Crippen LogP contribution in [0.4, 0.5) is 0 Å².